The van der Waals surface area contributed by atoms with Gasteiger partial charge in [0, 0.05) is 10.9 Å². The molecule has 1 aromatic heterocycles. The molecule has 1 aromatic rings. The summed E-state index contributed by atoms with van der Waals surface area (Å²) in [6.45, 7) is 10.2. The van der Waals surface area contributed by atoms with Crippen LogP contribution in [0.3, 0.4) is 0 Å². The molecule has 4 atom stereocenters. The Morgan fingerprint density at radius 1 is 1.35 bits per heavy atom. The highest BCUT2D eigenvalue weighted by atomic mass is 35.5. The van der Waals surface area contributed by atoms with Crippen LogP contribution >= 0.6 is 22.9 Å². The standard InChI is InChI=1S/C17H28ClNS/c1-5-8-19-16(17-15(18)13(4)10-20-17)14-7-6-11(2)12(3)9-14/h10-12,14,16,19H,5-9H2,1-4H3. The van der Waals surface area contributed by atoms with Crippen LogP contribution in [0, 0.1) is 24.7 Å². The van der Waals surface area contributed by atoms with Crippen molar-refractivity contribution < 1.29 is 0 Å². The summed E-state index contributed by atoms with van der Waals surface area (Å²) in [6, 6.07) is 0.455. The number of thiophene rings is 1. The number of rotatable bonds is 5. The first-order valence-corrected chi connectivity index (χ1v) is 9.27. The zero-order valence-electron chi connectivity index (χ0n) is 13.2. The van der Waals surface area contributed by atoms with Crippen LogP contribution in [-0.4, -0.2) is 6.54 Å². The molecule has 1 N–H and O–H groups in total. The highest BCUT2D eigenvalue weighted by Crippen LogP contribution is 2.43. The number of halogens is 1. The molecule has 0 aromatic carbocycles. The van der Waals surface area contributed by atoms with Gasteiger partial charge in [-0.05, 0) is 61.4 Å². The lowest BCUT2D eigenvalue weighted by Crippen LogP contribution is -2.33. The van der Waals surface area contributed by atoms with Crippen LogP contribution in [0.1, 0.15) is 62.9 Å². The van der Waals surface area contributed by atoms with Gasteiger partial charge in [0.05, 0.1) is 5.02 Å². The van der Waals surface area contributed by atoms with Gasteiger partial charge in [0.25, 0.3) is 0 Å². The average molecular weight is 314 g/mol. The largest absolute Gasteiger partial charge is 0.309 e. The molecule has 1 saturated carbocycles. The predicted octanol–water partition coefficient (Wildman–Crippen LogP) is 5.82. The van der Waals surface area contributed by atoms with Crippen LogP contribution in [0.2, 0.25) is 5.02 Å². The molecule has 20 heavy (non-hydrogen) atoms. The molecule has 0 amide bonds. The molecule has 4 unspecified atom stereocenters. The quantitative estimate of drug-likeness (QED) is 0.722. The van der Waals surface area contributed by atoms with Crippen molar-refractivity contribution in [2.24, 2.45) is 17.8 Å². The Kier molecular flexibility index (Phi) is 5.95. The fourth-order valence-corrected chi connectivity index (χ4v) is 4.80. The topological polar surface area (TPSA) is 12.0 Å². The zero-order valence-corrected chi connectivity index (χ0v) is 14.8. The summed E-state index contributed by atoms with van der Waals surface area (Å²) in [5, 5.41) is 6.97. The van der Waals surface area contributed by atoms with Crippen molar-refractivity contribution in [3.05, 3.63) is 20.8 Å². The van der Waals surface area contributed by atoms with Crippen LogP contribution in [0.25, 0.3) is 0 Å². The van der Waals surface area contributed by atoms with Crippen LogP contribution < -0.4 is 5.32 Å². The smallest absolute Gasteiger partial charge is 0.0590 e. The molecule has 1 fully saturated rings. The number of nitrogens with one attached hydrogen (secondary N) is 1. The second-order valence-corrected chi connectivity index (χ2v) is 7.85. The summed E-state index contributed by atoms with van der Waals surface area (Å²) in [7, 11) is 0. The van der Waals surface area contributed by atoms with Gasteiger partial charge in [-0.3, -0.25) is 0 Å². The Morgan fingerprint density at radius 3 is 2.65 bits per heavy atom. The first kappa shape index (κ1) is 16.3. The van der Waals surface area contributed by atoms with Gasteiger partial charge in [-0.25, -0.2) is 0 Å². The highest BCUT2D eigenvalue weighted by molar-refractivity contribution is 7.10. The highest BCUT2D eigenvalue weighted by Gasteiger charge is 2.32. The minimum absolute atomic E-state index is 0.455. The van der Waals surface area contributed by atoms with E-state index in [9.17, 15) is 0 Å². The third-order valence-electron chi connectivity index (χ3n) is 4.93. The number of hydrogen-bond donors (Lipinski definition) is 1. The summed E-state index contributed by atoms with van der Waals surface area (Å²) < 4.78 is 0. The van der Waals surface area contributed by atoms with Crippen molar-refractivity contribution in [1.29, 1.82) is 0 Å². The van der Waals surface area contributed by atoms with Crippen molar-refractivity contribution in [3.8, 4) is 0 Å². The van der Waals surface area contributed by atoms with Gasteiger partial charge < -0.3 is 5.32 Å². The summed E-state index contributed by atoms with van der Waals surface area (Å²) >= 11 is 8.37. The lowest BCUT2D eigenvalue weighted by molar-refractivity contribution is 0.172. The van der Waals surface area contributed by atoms with E-state index >= 15 is 0 Å². The van der Waals surface area contributed by atoms with E-state index < -0.39 is 0 Å². The van der Waals surface area contributed by atoms with E-state index in [0.29, 0.717) is 6.04 Å². The Morgan fingerprint density at radius 2 is 2.10 bits per heavy atom. The molecule has 1 heterocycles. The van der Waals surface area contributed by atoms with E-state index in [1.165, 1.54) is 36.1 Å². The maximum atomic E-state index is 6.54. The van der Waals surface area contributed by atoms with Crippen LogP contribution in [-0.2, 0) is 0 Å². The van der Waals surface area contributed by atoms with E-state index in [2.05, 4.69) is 38.4 Å². The molecule has 0 spiro atoms. The van der Waals surface area contributed by atoms with Crippen LogP contribution in [0.15, 0.2) is 5.38 Å². The van der Waals surface area contributed by atoms with Gasteiger partial charge in [-0.2, -0.15) is 0 Å². The molecule has 0 radical (unpaired) electrons. The number of aryl methyl sites for hydroxylation is 1. The van der Waals surface area contributed by atoms with Gasteiger partial charge in [-0.15, -0.1) is 11.3 Å². The van der Waals surface area contributed by atoms with Crippen molar-refractivity contribution in [1.82, 2.24) is 5.32 Å². The molecule has 0 aliphatic heterocycles. The van der Waals surface area contributed by atoms with Gasteiger partial charge >= 0.3 is 0 Å². The molecule has 1 nitrogen and oxygen atoms in total. The maximum Gasteiger partial charge on any atom is 0.0590 e. The predicted molar refractivity (Wildman–Crippen MR) is 90.8 cm³/mol. The van der Waals surface area contributed by atoms with Crippen LogP contribution in [0.4, 0.5) is 0 Å². The van der Waals surface area contributed by atoms with E-state index in [4.69, 9.17) is 11.6 Å². The molecule has 0 saturated heterocycles. The molecule has 0 bridgehead atoms. The minimum Gasteiger partial charge on any atom is -0.309 e. The van der Waals surface area contributed by atoms with E-state index in [-0.39, 0.29) is 0 Å². The SMILES string of the molecule is CCCNC(c1scc(C)c1Cl)C1CCC(C)C(C)C1. The van der Waals surface area contributed by atoms with Crippen molar-refractivity contribution >= 4 is 22.9 Å². The second-order valence-electron chi connectivity index (χ2n) is 6.56. The lowest BCUT2D eigenvalue weighted by Gasteiger charge is -2.37. The summed E-state index contributed by atoms with van der Waals surface area (Å²) in [6.07, 6.45) is 5.20. The first-order chi connectivity index (χ1) is 9.54. The summed E-state index contributed by atoms with van der Waals surface area (Å²) in [5.41, 5.74) is 1.23. The van der Waals surface area contributed by atoms with Crippen molar-refractivity contribution in [2.45, 2.75) is 59.4 Å². The van der Waals surface area contributed by atoms with Crippen molar-refractivity contribution in [3.63, 3.8) is 0 Å². The maximum absolute atomic E-state index is 6.54. The fraction of sp³-hybridized carbons (Fsp3) is 0.765. The molecule has 3 heteroatoms. The lowest BCUT2D eigenvalue weighted by atomic mass is 9.73. The average Bonchev–Trinajstić information content (AvgIpc) is 2.75. The van der Waals surface area contributed by atoms with Crippen molar-refractivity contribution in [2.75, 3.05) is 6.54 Å². The van der Waals surface area contributed by atoms with Gasteiger partial charge in [-0.1, -0.05) is 38.8 Å². The molecular weight excluding hydrogens is 286 g/mol. The molecule has 2 rings (SSSR count). The van der Waals surface area contributed by atoms with Gasteiger partial charge in [0.2, 0.25) is 0 Å². The first-order valence-electron chi connectivity index (χ1n) is 8.01. The zero-order chi connectivity index (χ0) is 14.7. The minimum atomic E-state index is 0.455. The molecule has 114 valence electrons. The van der Waals surface area contributed by atoms with E-state index in [0.717, 1.165) is 29.3 Å². The Labute approximate surface area is 133 Å². The molecule has 1 aliphatic rings. The Bertz CT molecular complexity index is 429. The molecular formula is C17H28ClNS. The third kappa shape index (κ3) is 3.58. The summed E-state index contributed by atoms with van der Waals surface area (Å²) in [5.74, 6) is 2.45. The Balaban J connectivity index is 2.17. The second kappa shape index (κ2) is 7.29. The van der Waals surface area contributed by atoms with E-state index in [1.807, 2.05) is 11.3 Å². The van der Waals surface area contributed by atoms with Gasteiger partial charge in [0.1, 0.15) is 0 Å². The summed E-state index contributed by atoms with van der Waals surface area (Å²) in [4.78, 5) is 1.37. The van der Waals surface area contributed by atoms with E-state index in [1.54, 1.807) is 0 Å². The Hall–Kier alpha value is -0.0500. The van der Waals surface area contributed by atoms with Crippen LogP contribution in [0.5, 0.6) is 0 Å². The number of hydrogen-bond acceptors (Lipinski definition) is 2. The monoisotopic (exact) mass is 313 g/mol. The molecule has 1 aliphatic carbocycles. The van der Waals surface area contributed by atoms with Gasteiger partial charge in [0.15, 0.2) is 0 Å². The fourth-order valence-electron chi connectivity index (χ4n) is 3.32. The normalized spacial score (nSPS) is 28.6. The third-order valence-corrected chi connectivity index (χ3v) is 6.73.